The molecule has 2 aromatic heterocycles. The first kappa shape index (κ1) is 15.9. The number of aromatic nitrogens is 2. The van der Waals surface area contributed by atoms with Crippen LogP contribution in [-0.2, 0) is 10.0 Å². The van der Waals surface area contributed by atoms with Crippen molar-refractivity contribution < 1.29 is 13.5 Å². The number of aliphatic hydroxyl groups is 1. The van der Waals surface area contributed by atoms with Crippen LogP contribution in [0, 0.1) is 5.41 Å². The van der Waals surface area contributed by atoms with E-state index in [9.17, 15) is 13.5 Å². The number of rotatable bonds is 7. The fraction of sp³-hybridized carbons (Fsp3) is 0.500. The molecule has 0 unspecified atom stereocenters. The van der Waals surface area contributed by atoms with Gasteiger partial charge in [0.15, 0.2) is 0 Å². The maximum atomic E-state index is 12.5. The predicted molar refractivity (Wildman–Crippen MR) is 81.4 cm³/mol. The van der Waals surface area contributed by atoms with Gasteiger partial charge in [0.1, 0.15) is 10.5 Å². The Labute approximate surface area is 124 Å². The average Bonchev–Trinajstić information content (AvgIpc) is 2.94. The predicted octanol–water partition coefficient (Wildman–Crippen LogP) is 1.64. The number of fused-ring (bicyclic) bond motifs is 1. The van der Waals surface area contributed by atoms with Crippen LogP contribution in [0.15, 0.2) is 29.4 Å². The lowest BCUT2D eigenvalue weighted by atomic mass is 9.84. The number of hydrogen-bond acceptors (Lipinski definition) is 4. The van der Waals surface area contributed by atoms with Crippen molar-refractivity contribution in [1.29, 1.82) is 0 Å². The second-order valence-electron chi connectivity index (χ2n) is 5.24. The number of hydrogen-bond donors (Lipinski definition) is 3. The molecular weight excluding hydrogens is 290 g/mol. The van der Waals surface area contributed by atoms with Crippen LogP contribution in [0.2, 0.25) is 0 Å². The molecule has 6 nitrogen and oxygen atoms in total. The average molecular weight is 311 g/mol. The molecule has 0 bridgehead atoms. The number of pyridine rings is 1. The van der Waals surface area contributed by atoms with E-state index in [0.29, 0.717) is 23.9 Å². The third-order valence-corrected chi connectivity index (χ3v) is 5.62. The Morgan fingerprint density at radius 3 is 2.71 bits per heavy atom. The Bertz CT molecular complexity index is 697. The summed E-state index contributed by atoms with van der Waals surface area (Å²) in [6, 6.07) is 3.41. The lowest BCUT2D eigenvalue weighted by Gasteiger charge is -2.29. The van der Waals surface area contributed by atoms with Crippen molar-refractivity contribution in [2.45, 2.75) is 31.6 Å². The number of aliphatic hydroxyl groups excluding tert-OH is 1. The molecule has 116 valence electrons. The number of H-pyrrole nitrogens is 1. The summed E-state index contributed by atoms with van der Waals surface area (Å²) in [4.78, 5) is 7.12. The van der Waals surface area contributed by atoms with E-state index < -0.39 is 15.4 Å². The van der Waals surface area contributed by atoms with E-state index in [1.165, 1.54) is 6.20 Å². The smallest absolute Gasteiger partial charge is 0.242 e. The Balaban J connectivity index is 2.27. The zero-order valence-corrected chi connectivity index (χ0v) is 13.1. The zero-order valence-electron chi connectivity index (χ0n) is 12.3. The maximum Gasteiger partial charge on any atom is 0.242 e. The lowest BCUT2D eigenvalue weighted by molar-refractivity contribution is 0.119. The van der Waals surface area contributed by atoms with Crippen molar-refractivity contribution in [3.05, 3.63) is 24.5 Å². The molecule has 7 heteroatoms. The Morgan fingerprint density at radius 1 is 1.38 bits per heavy atom. The quantitative estimate of drug-likeness (QED) is 0.724. The molecule has 0 spiro atoms. The Morgan fingerprint density at radius 2 is 2.10 bits per heavy atom. The van der Waals surface area contributed by atoms with Crippen LogP contribution in [0.1, 0.15) is 26.7 Å². The van der Waals surface area contributed by atoms with E-state index in [4.69, 9.17) is 0 Å². The first-order valence-corrected chi connectivity index (χ1v) is 8.49. The van der Waals surface area contributed by atoms with E-state index in [1.807, 2.05) is 13.8 Å². The molecule has 21 heavy (non-hydrogen) atoms. The van der Waals surface area contributed by atoms with E-state index >= 15 is 0 Å². The fourth-order valence-corrected chi connectivity index (χ4v) is 3.58. The molecule has 2 heterocycles. The van der Waals surface area contributed by atoms with Gasteiger partial charge in [-0.1, -0.05) is 13.8 Å². The number of nitrogens with one attached hydrogen (secondary N) is 2. The molecule has 2 rings (SSSR count). The number of nitrogens with zero attached hydrogens (tertiary/aromatic N) is 1. The minimum Gasteiger partial charge on any atom is -0.396 e. The first-order valence-electron chi connectivity index (χ1n) is 7.00. The summed E-state index contributed by atoms with van der Waals surface area (Å²) < 4.78 is 27.5. The van der Waals surface area contributed by atoms with Gasteiger partial charge in [-0.3, -0.25) is 0 Å². The van der Waals surface area contributed by atoms with Gasteiger partial charge in [0.25, 0.3) is 0 Å². The maximum absolute atomic E-state index is 12.5. The monoisotopic (exact) mass is 311 g/mol. The van der Waals surface area contributed by atoms with E-state index in [0.717, 1.165) is 0 Å². The molecule has 0 aliphatic rings. The van der Waals surface area contributed by atoms with Crippen LogP contribution in [0.5, 0.6) is 0 Å². The van der Waals surface area contributed by atoms with Gasteiger partial charge in [-0.2, -0.15) is 0 Å². The molecule has 0 saturated carbocycles. The van der Waals surface area contributed by atoms with Gasteiger partial charge in [-0.05, 0) is 25.0 Å². The summed E-state index contributed by atoms with van der Waals surface area (Å²) >= 11 is 0. The topological polar surface area (TPSA) is 95.1 Å². The van der Waals surface area contributed by atoms with Gasteiger partial charge >= 0.3 is 0 Å². The molecule has 0 aliphatic carbocycles. The van der Waals surface area contributed by atoms with Gasteiger partial charge in [0.05, 0.1) is 0 Å². The fourth-order valence-electron chi connectivity index (χ4n) is 2.26. The van der Waals surface area contributed by atoms with Crippen molar-refractivity contribution in [3.63, 3.8) is 0 Å². The Kier molecular flexibility index (Phi) is 4.65. The molecule has 3 N–H and O–H groups in total. The van der Waals surface area contributed by atoms with Crippen LogP contribution >= 0.6 is 0 Å². The third kappa shape index (κ3) is 3.09. The highest BCUT2D eigenvalue weighted by Crippen LogP contribution is 2.26. The van der Waals surface area contributed by atoms with E-state index in [-0.39, 0.29) is 18.0 Å². The molecule has 0 aliphatic heterocycles. The largest absolute Gasteiger partial charge is 0.396 e. The van der Waals surface area contributed by atoms with E-state index in [1.54, 1.807) is 18.3 Å². The van der Waals surface area contributed by atoms with Crippen LogP contribution < -0.4 is 4.72 Å². The number of aromatic amines is 1. The molecule has 0 atom stereocenters. The first-order chi connectivity index (χ1) is 9.98. The summed E-state index contributed by atoms with van der Waals surface area (Å²) in [7, 11) is -3.64. The summed E-state index contributed by atoms with van der Waals surface area (Å²) in [6.07, 6.45) is 4.46. The summed E-state index contributed by atoms with van der Waals surface area (Å²) in [5, 5.41) is 10.1. The van der Waals surface area contributed by atoms with Crippen LogP contribution in [0.25, 0.3) is 11.0 Å². The number of sulfonamides is 1. The normalized spacial score (nSPS) is 12.9. The zero-order chi connectivity index (χ0) is 15.5. The Hall–Kier alpha value is -1.44. The lowest BCUT2D eigenvalue weighted by Crippen LogP contribution is -2.39. The van der Waals surface area contributed by atoms with Crippen LogP contribution in [0.4, 0.5) is 0 Å². The summed E-state index contributed by atoms with van der Waals surface area (Å²) in [6.45, 7) is 4.07. The molecule has 0 aromatic carbocycles. The highest BCUT2D eigenvalue weighted by Gasteiger charge is 2.28. The third-order valence-electron chi connectivity index (χ3n) is 4.18. The summed E-state index contributed by atoms with van der Waals surface area (Å²) in [5.41, 5.74) is 0.120. The molecular formula is C14H21N3O3S. The van der Waals surface area contributed by atoms with Crippen molar-refractivity contribution in [3.8, 4) is 0 Å². The van der Waals surface area contributed by atoms with Gasteiger partial charge < -0.3 is 10.1 Å². The van der Waals surface area contributed by atoms with Gasteiger partial charge in [0, 0.05) is 36.3 Å². The minimum absolute atomic E-state index is 0.0437. The molecule has 0 radical (unpaired) electrons. The highest BCUT2D eigenvalue weighted by molar-refractivity contribution is 7.89. The molecule has 2 aromatic rings. The van der Waals surface area contributed by atoms with Crippen molar-refractivity contribution in [2.24, 2.45) is 5.41 Å². The molecule has 0 fully saturated rings. The van der Waals surface area contributed by atoms with Gasteiger partial charge in [-0.15, -0.1) is 0 Å². The second kappa shape index (κ2) is 6.13. The minimum atomic E-state index is -3.64. The molecule has 0 saturated heterocycles. The van der Waals surface area contributed by atoms with Crippen molar-refractivity contribution >= 4 is 21.1 Å². The standard InChI is InChI=1S/C14H21N3O3S/c1-3-14(4-2,10-18)9-17-21(19,20)12-8-16-13-11(12)6-5-7-15-13/h5-8,17-18H,3-4,9-10H2,1-2H3,(H,15,16). The van der Waals surface area contributed by atoms with Crippen molar-refractivity contribution in [2.75, 3.05) is 13.2 Å². The molecule has 0 amide bonds. The highest BCUT2D eigenvalue weighted by atomic mass is 32.2. The van der Waals surface area contributed by atoms with Crippen molar-refractivity contribution in [1.82, 2.24) is 14.7 Å². The summed E-state index contributed by atoms with van der Waals surface area (Å²) in [5.74, 6) is 0. The SMILES string of the molecule is CCC(CC)(CO)CNS(=O)(=O)c1c[nH]c2ncccc12. The van der Waals surface area contributed by atoms with Crippen LogP contribution in [-0.4, -0.2) is 36.6 Å². The van der Waals surface area contributed by atoms with E-state index in [2.05, 4.69) is 14.7 Å². The second-order valence-corrected chi connectivity index (χ2v) is 6.98. The van der Waals surface area contributed by atoms with Crippen LogP contribution in [0.3, 0.4) is 0 Å². The van der Waals surface area contributed by atoms with Gasteiger partial charge in [-0.25, -0.2) is 18.1 Å². The van der Waals surface area contributed by atoms with Gasteiger partial charge in [0.2, 0.25) is 10.0 Å².